The first kappa shape index (κ1) is 17.1. The molecule has 0 fully saturated rings. The fourth-order valence-electron chi connectivity index (χ4n) is 2.93. The predicted molar refractivity (Wildman–Crippen MR) is 102 cm³/mol. The molecular weight excluding hydrogens is 366 g/mol. The first-order valence-corrected chi connectivity index (χ1v) is 8.88. The zero-order chi connectivity index (χ0) is 19.0. The van der Waals surface area contributed by atoms with Crippen LogP contribution in [0.15, 0.2) is 59.6 Å². The van der Waals surface area contributed by atoms with E-state index in [4.69, 9.17) is 6.42 Å². The van der Waals surface area contributed by atoms with Crippen LogP contribution in [0.4, 0.5) is 8.78 Å². The van der Waals surface area contributed by atoms with Crippen molar-refractivity contribution in [2.45, 2.75) is 6.54 Å². The van der Waals surface area contributed by atoms with E-state index in [2.05, 4.69) is 10.9 Å². The van der Waals surface area contributed by atoms with Crippen molar-refractivity contribution in [2.75, 3.05) is 0 Å². The standard InChI is InChI=1S/C21H12F2N2OS/c1-2-9-25-19-17(23)11-16(22)12-18(19)27-21(25)24-20(26)15-8-7-13-5-3-4-6-14(13)10-15/h1,3-8,10-12H,9H2. The zero-order valence-electron chi connectivity index (χ0n) is 13.9. The van der Waals surface area contributed by atoms with Gasteiger partial charge >= 0.3 is 0 Å². The van der Waals surface area contributed by atoms with Crippen molar-refractivity contribution in [3.8, 4) is 12.3 Å². The number of fused-ring (bicyclic) bond motifs is 2. The summed E-state index contributed by atoms with van der Waals surface area (Å²) in [5.41, 5.74) is 0.550. The molecule has 0 aliphatic carbocycles. The van der Waals surface area contributed by atoms with Gasteiger partial charge in [-0.15, -0.1) is 6.42 Å². The fraction of sp³-hybridized carbons (Fsp3) is 0.0476. The Bertz CT molecular complexity index is 1310. The molecule has 132 valence electrons. The topological polar surface area (TPSA) is 34.4 Å². The van der Waals surface area contributed by atoms with Crippen molar-refractivity contribution in [2.24, 2.45) is 4.99 Å². The monoisotopic (exact) mass is 378 g/mol. The number of aromatic nitrogens is 1. The molecule has 4 aromatic rings. The van der Waals surface area contributed by atoms with Crippen LogP contribution in [0.1, 0.15) is 10.4 Å². The molecule has 0 saturated heterocycles. The molecule has 6 heteroatoms. The Kier molecular flexibility index (Phi) is 4.30. The van der Waals surface area contributed by atoms with Crippen molar-refractivity contribution in [3.63, 3.8) is 0 Å². The second-order valence-electron chi connectivity index (χ2n) is 5.89. The third kappa shape index (κ3) is 3.14. The molecule has 0 unspecified atom stereocenters. The highest BCUT2D eigenvalue weighted by Gasteiger charge is 2.14. The molecule has 1 aromatic heterocycles. The van der Waals surface area contributed by atoms with Gasteiger partial charge in [0.15, 0.2) is 10.6 Å². The van der Waals surface area contributed by atoms with E-state index in [-0.39, 0.29) is 16.9 Å². The van der Waals surface area contributed by atoms with E-state index in [9.17, 15) is 13.6 Å². The molecule has 0 radical (unpaired) electrons. The predicted octanol–water partition coefficient (Wildman–Crippen LogP) is 4.51. The second-order valence-corrected chi connectivity index (χ2v) is 6.90. The summed E-state index contributed by atoms with van der Waals surface area (Å²) in [5.74, 6) is 0.514. The maximum absolute atomic E-state index is 14.2. The summed E-state index contributed by atoms with van der Waals surface area (Å²) in [7, 11) is 0. The van der Waals surface area contributed by atoms with Gasteiger partial charge in [-0.1, -0.05) is 47.6 Å². The van der Waals surface area contributed by atoms with Crippen molar-refractivity contribution >= 4 is 38.2 Å². The van der Waals surface area contributed by atoms with Crippen molar-refractivity contribution < 1.29 is 13.6 Å². The molecule has 0 aliphatic rings. The third-order valence-corrected chi connectivity index (χ3v) is 5.16. The average Bonchev–Trinajstić information content (AvgIpc) is 2.98. The van der Waals surface area contributed by atoms with E-state index in [0.29, 0.717) is 10.3 Å². The number of halogens is 2. The highest BCUT2D eigenvalue weighted by Crippen LogP contribution is 2.22. The van der Waals surface area contributed by atoms with E-state index in [1.54, 1.807) is 12.1 Å². The summed E-state index contributed by atoms with van der Waals surface area (Å²) in [6.45, 7) is 0.0202. The highest BCUT2D eigenvalue weighted by molar-refractivity contribution is 7.16. The van der Waals surface area contributed by atoms with E-state index in [0.717, 1.165) is 28.2 Å². The van der Waals surface area contributed by atoms with Crippen LogP contribution in [0, 0.1) is 24.0 Å². The number of carbonyl (C=O) groups excluding carboxylic acids is 1. The zero-order valence-corrected chi connectivity index (χ0v) is 14.8. The first-order valence-electron chi connectivity index (χ1n) is 8.06. The minimum absolute atomic E-state index is 0.0202. The van der Waals surface area contributed by atoms with Crippen LogP contribution in [-0.2, 0) is 6.54 Å². The smallest absolute Gasteiger partial charge is 0.279 e. The van der Waals surface area contributed by atoms with Gasteiger partial charge in [-0.2, -0.15) is 4.99 Å². The molecule has 4 rings (SSSR count). The van der Waals surface area contributed by atoms with Crippen LogP contribution >= 0.6 is 11.3 Å². The van der Waals surface area contributed by atoms with Crippen LogP contribution in [0.25, 0.3) is 21.0 Å². The Hall–Kier alpha value is -3.30. The Balaban J connectivity index is 1.88. The van der Waals surface area contributed by atoms with Crippen molar-refractivity contribution in [1.29, 1.82) is 0 Å². The summed E-state index contributed by atoms with van der Waals surface area (Å²) in [4.78, 5) is 17.0. The molecule has 3 aromatic carbocycles. The van der Waals surface area contributed by atoms with Gasteiger partial charge in [0.1, 0.15) is 5.82 Å². The lowest BCUT2D eigenvalue weighted by Crippen LogP contribution is -2.17. The molecule has 0 N–H and O–H groups in total. The summed E-state index contributed by atoms with van der Waals surface area (Å²) >= 11 is 1.02. The molecular formula is C21H12F2N2OS. The van der Waals surface area contributed by atoms with Gasteiger partial charge in [0, 0.05) is 11.6 Å². The number of benzene rings is 3. The van der Waals surface area contributed by atoms with Gasteiger partial charge < -0.3 is 4.57 Å². The lowest BCUT2D eigenvalue weighted by Gasteiger charge is -2.02. The summed E-state index contributed by atoms with van der Waals surface area (Å²) in [5, 5.41) is 1.93. The molecule has 0 atom stereocenters. The second kappa shape index (κ2) is 6.78. The molecule has 1 amide bonds. The molecule has 0 aliphatic heterocycles. The molecule has 3 nitrogen and oxygen atoms in total. The van der Waals surface area contributed by atoms with E-state index < -0.39 is 17.5 Å². The number of hydrogen-bond donors (Lipinski definition) is 0. The molecule has 1 heterocycles. The number of hydrogen-bond acceptors (Lipinski definition) is 2. The van der Waals surface area contributed by atoms with Gasteiger partial charge in [-0.05, 0) is 29.0 Å². The third-order valence-electron chi connectivity index (χ3n) is 4.14. The van der Waals surface area contributed by atoms with Gasteiger partial charge in [0.2, 0.25) is 0 Å². The van der Waals surface area contributed by atoms with E-state index >= 15 is 0 Å². The number of terminal acetylenes is 1. The minimum Gasteiger partial charge on any atom is -0.302 e. The maximum Gasteiger partial charge on any atom is 0.279 e. The summed E-state index contributed by atoms with van der Waals surface area (Å²) in [6, 6.07) is 14.9. The maximum atomic E-state index is 14.2. The van der Waals surface area contributed by atoms with E-state index in [1.165, 1.54) is 10.6 Å². The number of amides is 1. The van der Waals surface area contributed by atoms with Crippen LogP contribution in [0.3, 0.4) is 0 Å². The lowest BCUT2D eigenvalue weighted by atomic mass is 10.1. The van der Waals surface area contributed by atoms with Crippen LogP contribution < -0.4 is 4.80 Å². The van der Waals surface area contributed by atoms with Gasteiger partial charge in [-0.25, -0.2) is 8.78 Å². The Morgan fingerprint density at radius 3 is 2.67 bits per heavy atom. The van der Waals surface area contributed by atoms with Gasteiger partial charge in [-0.3, -0.25) is 4.79 Å². The largest absolute Gasteiger partial charge is 0.302 e. The Morgan fingerprint density at radius 1 is 1.11 bits per heavy atom. The quantitative estimate of drug-likeness (QED) is 0.473. The number of nitrogens with zero attached hydrogens (tertiary/aromatic N) is 2. The van der Waals surface area contributed by atoms with Gasteiger partial charge in [0.25, 0.3) is 5.91 Å². The summed E-state index contributed by atoms with van der Waals surface area (Å²) in [6.07, 6.45) is 5.37. The highest BCUT2D eigenvalue weighted by atomic mass is 32.1. The Morgan fingerprint density at radius 2 is 1.89 bits per heavy atom. The molecule has 0 spiro atoms. The molecule has 0 bridgehead atoms. The first-order chi connectivity index (χ1) is 13.1. The van der Waals surface area contributed by atoms with E-state index in [1.807, 2.05) is 30.3 Å². The number of rotatable bonds is 2. The molecule has 27 heavy (non-hydrogen) atoms. The van der Waals surface area contributed by atoms with Crippen LogP contribution in [0.2, 0.25) is 0 Å². The van der Waals surface area contributed by atoms with Crippen LogP contribution in [0.5, 0.6) is 0 Å². The normalized spacial score (nSPS) is 11.8. The Labute approximate surface area is 157 Å². The SMILES string of the molecule is C#CCn1c(=NC(=O)c2ccc3ccccc3c2)sc2cc(F)cc(F)c21. The van der Waals surface area contributed by atoms with Crippen LogP contribution in [-0.4, -0.2) is 10.5 Å². The van der Waals surface area contributed by atoms with Crippen molar-refractivity contribution in [1.82, 2.24) is 4.57 Å². The number of thiazole rings is 1. The van der Waals surface area contributed by atoms with Gasteiger partial charge in [0.05, 0.1) is 16.8 Å². The fourth-order valence-corrected chi connectivity index (χ4v) is 3.99. The lowest BCUT2D eigenvalue weighted by molar-refractivity contribution is 0.0998. The summed E-state index contributed by atoms with van der Waals surface area (Å²) < 4.78 is 29.5. The van der Waals surface area contributed by atoms with Crippen molar-refractivity contribution in [3.05, 3.63) is 76.6 Å². The number of carbonyl (C=O) groups is 1. The molecule has 0 saturated carbocycles. The minimum atomic E-state index is -0.740. The average molecular weight is 378 g/mol.